The van der Waals surface area contributed by atoms with Crippen LogP contribution in [0, 0.1) is 17.1 Å². The number of hydrogen-bond donors (Lipinski definition) is 0. The van der Waals surface area contributed by atoms with Gasteiger partial charge in [0.1, 0.15) is 11.9 Å². The fraction of sp³-hybridized carbons (Fsp3) is 0.0833. The molecule has 1 aromatic carbocycles. The summed E-state index contributed by atoms with van der Waals surface area (Å²) < 4.78 is 14.7. The molecule has 1 heterocycles. The van der Waals surface area contributed by atoms with Crippen LogP contribution in [0.5, 0.6) is 0 Å². The summed E-state index contributed by atoms with van der Waals surface area (Å²) in [6.45, 7) is 0.583. The number of benzene rings is 1. The molecule has 0 bridgehead atoms. The Labute approximate surface area is 87.2 Å². The van der Waals surface area contributed by atoms with E-state index in [9.17, 15) is 4.39 Å². The monoisotopic (exact) mass is 200 g/mol. The zero-order valence-electron chi connectivity index (χ0n) is 8.02. The van der Waals surface area contributed by atoms with Gasteiger partial charge in [0.2, 0.25) is 0 Å². The molecule has 2 nitrogen and oxygen atoms in total. The Bertz CT molecular complexity index is 508. The third-order valence-electron chi connectivity index (χ3n) is 2.13. The second-order valence-electron chi connectivity index (χ2n) is 3.31. The second kappa shape index (κ2) is 3.97. The molecule has 0 saturated heterocycles. The molecule has 0 unspecified atom stereocenters. The van der Waals surface area contributed by atoms with E-state index in [1.54, 1.807) is 18.3 Å². The standard InChI is InChI=1S/C12H9FN2/c13-12-3-1-2-10(6-12)8-15-5-4-11(7-14)9-15/h1-6,9H,8H2. The van der Waals surface area contributed by atoms with E-state index in [-0.39, 0.29) is 5.82 Å². The van der Waals surface area contributed by atoms with Crippen LogP contribution in [0.2, 0.25) is 0 Å². The van der Waals surface area contributed by atoms with Gasteiger partial charge in [-0.25, -0.2) is 4.39 Å². The van der Waals surface area contributed by atoms with E-state index in [0.29, 0.717) is 12.1 Å². The quantitative estimate of drug-likeness (QED) is 0.732. The highest BCUT2D eigenvalue weighted by Crippen LogP contribution is 2.07. The third kappa shape index (κ3) is 2.23. The van der Waals surface area contributed by atoms with Gasteiger partial charge < -0.3 is 4.57 Å². The fourth-order valence-corrected chi connectivity index (χ4v) is 1.45. The van der Waals surface area contributed by atoms with Crippen LogP contribution >= 0.6 is 0 Å². The normalized spacial score (nSPS) is 9.87. The first kappa shape index (κ1) is 9.47. The average Bonchev–Trinajstić information content (AvgIpc) is 2.65. The van der Waals surface area contributed by atoms with Gasteiger partial charge in [0.05, 0.1) is 5.56 Å². The lowest BCUT2D eigenvalue weighted by molar-refractivity contribution is 0.623. The molecule has 0 N–H and O–H groups in total. The lowest BCUT2D eigenvalue weighted by atomic mass is 10.2. The van der Waals surface area contributed by atoms with Gasteiger partial charge in [-0.2, -0.15) is 5.26 Å². The maximum absolute atomic E-state index is 12.9. The minimum absolute atomic E-state index is 0.236. The van der Waals surface area contributed by atoms with E-state index in [1.807, 2.05) is 22.9 Å². The Kier molecular flexibility index (Phi) is 2.51. The van der Waals surface area contributed by atoms with Crippen LogP contribution in [0.3, 0.4) is 0 Å². The minimum atomic E-state index is -0.236. The average molecular weight is 200 g/mol. The van der Waals surface area contributed by atoms with Crippen LogP contribution in [-0.2, 0) is 6.54 Å². The lowest BCUT2D eigenvalue weighted by Crippen LogP contribution is -1.96. The van der Waals surface area contributed by atoms with E-state index in [2.05, 4.69) is 0 Å². The molecular weight excluding hydrogens is 191 g/mol. The van der Waals surface area contributed by atoms with Crippen molar-refractivity contribution in [3.63, 3.8) is 0 Å². The second-order valence-corrected chi connectivity index (χ2v) is 3.31. The van der Waals surface area contributed by atoms with Crippen LogP contribution < -0.4 is 0 Å². The van der Waals surface area contributed by atoms with Crippen molar-refractivity contribution in [2.24, 2.45) is 0 Å². The Hall–Kier alpha value is -2.08. The van der Waals surface area contributed by atoms with Gasteiger partial charge in [-0.1, -0.05) is 12.1 Å². The van der Waals surface area contributed by atoms with Gasteiger partial charge in [0.25, 0.3) is 0 Å². The smallest absolute Gasteiger partial charge is 0.123 e. The van der Waals surface area contributed by atoms with Crippen LogP contribution in [0.1, 0.15) is 11.1 Å². The molecule has 1 aromatic heterocycles. The van der Waals surface area contributed by atoms with Crippen molar-refractivity contribution in [1.82, 2.24) is 4.57 Å². The summed E-state index contributed by atoms with van der Waals surface area (Å²) in [6.07, 6.45) is 3.55. The van der Waals surface area contributed by atoms with Gasteiger partial charge in [0.15, 0.2) is 0 Å². The van der Waals surface area contributed by atoms with Crippen LogP contribution in [0.15, 0.2) is 42.7 Å². The molecule has 15 heavy (non-hydrogen) atoms. The summed E-state index contributed by atoms with van der Waals surface area (Å²) in [6, 6.07) is 10.2. The van der Waals surface area contributed by atoms with Gasteiger partial charge >= 0.3 is 0 Å². The van der Waals surface area contributed by atoms with Gasteiger partial charge in [-0.15, -0.1) is 0 Å². The molecule has 0 aliphatic carbocycles. The molecule has 3 heteroatoms. The first-order valence-electron chi connectivity index (χ1n) is 4.58. The molecule has 0 spiro atoms. The van der Waals surface area contributed by atoms with E-state index in [1.165, 1.54) is 12.1 Å². The van der Waals surface area contributed by atoms with Crippen LogP contribution in [0.4, 0.5) is 4.39 Å². The molecule has 0 radical (unpaired) electrons. The molecule has 0 aliphatic heterocycles. The summed E-state index contributed by atoms with van der Waals surface area (Å²) in [5.41, 5.74) is 1.50. The molecule has 0 amide bonds. The fourth-order valence-electron chi connectivity index (χ4n) is 1.45. The first-order chi connectivity index (χ1) is 7.28. The molecular formula is C12H9FN2. The van der Waals surface area contributed by atoms with Gasteiger partial charge in [0, 0.05) is 18.9 Å². The van der Waals surface area contributed by atoms with E-state index < -0.39 is 0 Å². The Balaban J connectivity index is 2.19. The maximum Gasteiger partial charge on any atom is 0.123 e. The molecule has 74 valence electrons. The Morgan fingerprint density at radius 3 is 2.87 bits per heavy atom. The van der Waals surface area contributed by atoms with Gasteiger partial charge in [-0.05, 0) is 23.8 Å². The zero-order chi connectivity index (χ0) is 10.7. The van der Waals surface area contributed by atoms with Gasteiger partial charge in [-0.3, -0.25) is 0 Å². The predicted molar refractivity (Wildman–Crippen MR) is 54.6 cm³/mol. The number of nitrogens with zero attached hydrogens (tertiary/aromatic N) is 2. The van der Waals surface area contributed by atoms with E-state index in [4.69, 9.17) is 5.26 Å². The lowest BCUT2D eigenvalue weighted by Gasteiger charge is -2.02. The minimum Gasteiger partial charge on any atom is -0.349 e. The summed E-state index contributed by atoms with van der Waals surface area (Å²) in [5, 5.41) is 8.64. The Morgan fingerprint density at radius 2 is 2.20 bits per heavy atom. The highest BCUT2D eigenvalue weighted by molar-refractivity contribution is 5.26. The number of halogens is 1. The SMILES string of the molecule is N#Cc1ccn(Cc2cccc(F)c2)c1. The van der Waals surface area contributed by atoms with Crippen LogP contribution in [-0.4, -0.2) is 4.57 Å². The van der Waals surface area contributed by atoms with Crippen molar-refractivity contribution in [3.8, 4) is 6.07 Å². The summed E-state index contributed by atoms with van der Waals surface area (Å²) >= 11 is 0. The van der Waals surface area contributed by atoms with Crippen molar-refractivity contribution in [2.45, 2.75) is 6.54 Å². The van der Waals surface area contributed by atoms with Crippen molar-refractivity contribution in [3.05, 3.63) is 59.7 Å². The van der Waals surface area contributed by atoms with Crippen molar-refractivity contribution < 1.29 is 4.39 Å². The molecule has 2 rings (SSSR count). The van der Waals surface area contributed by atoms with Crippen LogP contribution in [0.25, 0.3) is 0 Å². The van der Waals surface area contributed by atoms with E-state index >= 15 is 0 Å². The topological polar surface area (TPSA) is 28.7 Å². The highest BCUT2D eigenvalue weighted by atomic mass is 19.1. The molecule has 0 fully saturated rings. The summed E-state index contributed by atoms with van der Waals surface area (Å²) in [7, 11) is 0. The highest BCUT2D eigenvalue weighted by Gasteiger charge is 1.98. The summed E-state index contributed by atoms with van der Waals surface area (Å²) in [4.78, 5) is 0. The maximum atomic E-state index is 12.9. The molecule has 2 aromatic rings. The molecule has 0 aliphatic rings. The Morgan fingerprint density at radius 1 is 1.33 bits per heavy atom. The largest absolute Gasteiger partial charge is 0.349 e. The van der Waals surface area contributed by atoms with E-state index in [0.717, 1.165) is 5.56 Å². The summed E-state index contributed by atoms with van der Waals surface area (Å²) in [5.74, 6) is -0.236. The number of hydrogen-bond acceptors (Lipinski definition) is 1. The van der Waals surface area contributed by atoms with Crippen molar-refractivity contribution >= 4 is 0 Å². The van der Waals surface area contributed by atoms with Crippen molar-refractivity contribution in [1.29, 1.82) is 5.26 Å². The van der Waals surface area contributed by atoms with Crippen molar-refractivity contribution in [2.75, 3.05) is 0 Å². The predicted octanol–water partition coefficient (Wildman–Crippen LogP) is 2.55. The molecule has 0 saturated carbocycles. The number of aromatic nitrogens is 1. The third-order valence-corrected chi connectivity index (χ3v) is 2.13. The zero-order valence-corrected chi connectivity index (χ0v) is 8.02. The number of nitriles is 1. The molecule has 0 atom stereocenters. The number of rotatable bonds is 2. The first-order valence-corrected chi connectivity index (χ1v) is 4.58.